The Morgan fingerprint density at radius 3 is 2.00 bits per heavy atom. The molecule has 1 rings (SSSR count). The summed E-state index contributed by atoms with van der Waals surface area (Å²) in [5.74, 6) is 0.723. The fraction of sp³-hybridized carbons (Fsp3) is 0.143. The van der Waals surface area contributed by atoms with Gasteiger partial charge in [-0.15, -0.1) is 0 Å². The van der Waals surface area contributed by atoms with E-state index in [0.717, 1.165) is 5.75 Å². The van der Waals surface area contributed by atoms with Gasteiger partial charge >= 0.3 is 0 Å². The van der Waals surface area contributed by atoms with Crippen LogP contribution >= 0.6 is 0 Å². The maximum absolute atomic E-state index is 4.82. The molecular weight excluding hydrogens is 383 g/mol. The summed E-state index contributed by atoms with van der Waals surface area (Å²) >= 11 is 4.82. The van der Waals surface area contributed by atoms with Crippen LogP contribution in [-0.2, 0) is 18.4 Å². The Morgan fingerprint density at radius 1 is 1.11 bits per heavy atom. The van der Waals surface area contributed by atoms with E-state index in [9.17, 15) is 0 Å². The van der Waals surface area contributed by atoms with Crippen LogP contribution < -0.4 is 0 Å². The van der Waals surface area contributed by atoms with Crippen molar-refractivity contribution in [1.82, 2.24) is 0 Å². The van der Waals surface area contributed by atoms with Crippen molar-refractivity contribution in [2.24, 2.45) is 0 Å². The summed E-state index contributed by atoms with van der Waals surface area (Å²) in [5.41, 5.74) is 1.22. The van der Waals surface area contributed by atoms with Crippen LogP contribution in [0.4, 0.5) is 0 Å². The van der Waals surface area contributed by atoms with Crippen LogP contribution in [0.3, 0.4) is 0 Å². The Bertz CT molecular complexity index is 150. The van der Waals surface area contributed by atoms with Crippen LogP contribution in [0, 0.1) is 0 Å². The molecule has 0 amide bonds. The third kappa shape index (κ3) is 1.87. The zero-order valence-corrected chi connectivity index (χ0v) is 12.4. The second-order valence-corrected chi connectivity index (χ2v) is 1.92. The van der Waals surface area contributed by atoms with Crippen molar-refractivity contribution < 1.29 is 0 Å². The van der Waals surface area contributed by atoms with Crippen LogP contribution in [0.25, 0.3) is 0 Å². The Hall–Kier alpha value is -1.43. The van der Waals surface area contributed by atoms with Gasteiger partial charge in [0.05, 0.1) is 0 Å². The molecule has 0 radical (unpaired) electrons. The Kier molecular flexibility index (Phi) is 2.99. The first-order valence-corrected chi connectivity index (χ1v) is 3.13. The zero-order chi connectivity index (χ0) is 5.82. The van der Waals surface area contributed by atoms with Gasteiger partial charge in [-0.2, -0.15) is 5.75 Å². The zero-order valence-electron chi connectivity index (χ0n) is 5.21. The molecule has 0 atom stereocenters. The van der Waals surface area contributed by atoms with Crippen molar-refractivity contribution >= 4 is 12.6 Å². The molecule has 0 unspecified atom stereocenters. The first kappa shape index (κ1) is 7.57. The number of benzene rings is 1. The fourth-order valence-corrected chi connectivity index (χ4v) is 0.767. The van der Waals surface area contributed by atoms with Gasteiger partial charge in [0.1, 0.15) is 0 Å². The van der Waals surface area contributed by atoms with Crippen LogP contribution in [0.5, 0.6) is 0 Å². The average Bonchev–Trinajstić information content (AvgIpc) is 1.90. The molecule has 9 heavy (non-hydrogen) atoms. The van der Waals surface area contributed by atoms with Crippen LogP contribution in [0.1, 0.15) is 5.56 Å². The molecule has 0 aliphatic rings. The first-order chi connectivity index (χ1) is 3.93. The molecule has 0 fully saturated rings. The monoisotopic (exact) mass is 390 g/mol. The van der Waals surface area contributed by atoms with Crippen LogP contribution in [0.2, 0.25) is 0 Å². The molecule has 0 saturated heterocycles. The number of rotatable bonds is 1. The molecule has 0 bridgehead atoms. The average molecular weight is 390 g/mol. The topological polar surface area (TPSA) is 0 Å². The van der Waals surface area contributed by atoms with Crippen molar-refractivity contribution in [3.05, 3.63) is 35.9 Å². The molecular formula is C7H7RfS-. The van der Waals surface area contributed by atoms with E-state index in [1.165, 1.54) is 5.56 Å². The Labute approximate surface area is 55.0 Å². The minimum absolute atomic E-state index is 0. The molecule has 0 heterocycles. The molecule has 0 aliphatic carbocycles. The SMILES string of the molecule is [Rf].[S-]Cc1ccccc1. The molecule has 44 valence electrons. The predicted octanol–water partition coefficient (Wildman–Crippen LogP) is 1.73. The molecule has 0 N–H and O–H groups in total. The summed E-state index contributed by atoms with van der Waals surface area (Å²) in [5, 5.41) is 0. The summed E-state index contributed by atoms with van der Waals surface area (Å²) in [6.07, 6.45) is 0. The second kappa shape index (κ2) is 3.56. The van der Waals surface area contributed by atoms with Crippen LogP contribution in [-0.4, -0.2) is 0 Å². The summed E-state index contributed by atoms with van der Waals surface area (Å²) in [6.45, 7) is 0. The molecule has 1 aromatic rings. The van der Waals surface area contributed by atoms with Gasteiger partial charge in [0.15, 0.2) is 0 Å². The molecule has 0 aromatic heterocycles. The van der Waals surface area contributed by atoms with Gasteiger partial charge < -0.3 is 12.6 Å². The second-order valence-electron chi connectivity index (χ2n) is 1.63. The molecule has 0 saturated carbocycles. The van der Waals surface area contributed by atoms with Gasteiger partial charge in [-0.3, -0.25) is 0 Å². The van der Waals surface area contributed by atoms with Crippen molar-refractivity contribution in [1.29, 1.82) is 0 Å². The van der Waals surface area contributed by atoms with Crippen molar-refractivity contribution in [3.63, 3.8) is 0 Å². The van der Waals surface area contributed by atoms with Gasteiger partial charge in [-0.05, 0) is 0 Å². The van der Waals surface area contributed by atoms with Gasteiger partial charge in [-0.1, -0.05) is 35.9 Å². The summed E-state index contributed by atoms with van der Waals surface area (Å²) in [4.78, 5) is 0. The third-order valence-corrected chi connectivity index (χ3v) is 1.34. The van der Waals surface area contributed by atoms with Gasteiger partial charge in [0.25, 0.3) is 0 Å². The van der Waals surface area contributed by atoms with E-state index < -0.39 is 0 Å². The predicted molar refractivity (Wildman–Crippen MR) is 37.5 cm³/mol. The van der Waals surface area contributed by atoms with Gasteiger partial charge in [0.2, 0.25) is 0 Å². The van der Waals surface area contributed by atoms with E-state index in [4.69, 9.17) is 12.6 Å². The molecule has 1 aromatic carbocycles. The van der Waals surface area contributed by atoms with Gasteiger partial charge in [-0.25, -0.2) is 0 Å². The molecule has 0 nitrogen and oxygen atoms in total. The normalized spacial score (nSPS) is 8.11. The maximum atomic E-state index is 4.82. The molecule has 0 spiro atoms. The Balaban J connectivity index is 0.000000640. The van der Waals surface area contributed by atoms with E-state index in [1.807, 2.05) is 30.3 Å². The number of hydrogen-bond acceptors (Lipinski definition) is 1. The summed E-state index contributed by atoms with van der Waals surface area (Å²) in [6, 6.07) is 10.1. The van der Waals surface area contributed by atoms with Gasteiger partial charge in [0, 0.05) is 0 Å². The molecule has 0 aliphatic heterocycles. The van der Waals surface area contributed by atoms with E-state index in [0.29, 0.717) is 0 Å². The maximum Gasteiger partial charge on any atom is 0 e. The standard InChI is InChI=1S/C7H8S.Rf/c8-6-7-4-2-1-3-5-7;/h1-5,8H,6H2;/p-1. The van der Waals surface area contributed by atoms with Crippen molar-refractivity contribution in [2.45, 2.75) is 5.75 Å². The van der Waals surface area contributed by atoms with E-state index in [1.54, 1.807) is 0 Å². The largest absolute Gasteiger partial charge is 0.788 e. The minimum Gasteiger partial charge on any atom is -0.788 e. The van der Waals surface area contributed by atoms with E-state index >= 15 is 0 Å². The fourth-order valence-electron chi connectivity index (χ4n) is 0.574. The van der Waals surface area contributed by atoms with E-state index in [-0.39, 0.29) is 0 Å². The third-order valence-electron chi connectivity index (χ3n) is 1.01. The number of hydrogen-bond donors (Lipinski definition) is 0. The quantitative estimate of drug-likeness (QED) is 0.659. The molecule has 2 heteroatoms. The van der Waals surface area contributed by atoms with Crippen molar-refractivity contribution in [2.75, 3.05) is 0 Å². The first-order valence-electron chi connectivity index (χ1n) is 2.55. The summed E-state index contributed by atoms with van der Waals surface area (Å²) < 4.78 is 0. The van der Waals surface area contributed by atoms with E-state index in [2.05, 4.69) is 0 Å². The Morgan fingerprint density at radius 2 is 1.67 bits per heavy atom. The van der Waals surface area contributed by atoms with Crippen LogP contribution in [0.15, 0.2) is 30.3 Å². The summed E-state index contributed by atoms with van der Waals surface area (Å²) in [7, 11) is 0. The minimum atomic E-state index is 0. The van der Waals surface area contributed by atoms with Crippen molar-refractivity contribution in [3.8, 4) is 0 Å². The smallest absolute Gasteiger partial charge is 0 e.